The van der Waals surface area contributed by atoms with Crippen LogP contribution in [-0.2, 0) is 23.9 Å². The summed E-state index contributed by atoms with van der Waals surface area (Å²) in [7, 11) is 0. The lowest BCUT2D eigenvalue weighted by Crippen LogP contribution is -2.53. The van der Waals surface area contributed by atoms with Crippen LogP contribution in [0.3, 0.4) is 0 Å². The van der Waals surface area contributed by atoms with Crippen LogP contribution in [0.15, 0.2) is 12.2 Å². The summed E-state index contributed by atoms with van der Waals surface area (Å²) in [6.45, 7) is 9.73. The molecule has 0 unspecified atom stereocenters. The highest BCUT2D eigenvalue weighted by Crippen LogP contribution is 2.45. The first-order valence-electron chi connectivity index (χ1n) is 11.8. The Morgan fingerprint density at radius 1 is 1.28 bits per heavy atom. The van der Waals surface area contributed by atoms with Gasteiger partial charge in [-0.25, -0.2) is 0 Å². The molecule has 9 heteroatoms. The van der Waals surface area contributed by atoms with E-state index in [0.717, 1.165) is 13.1 Å². The zero-order valence-corrected chi connectivity index (χ0v) is 19.4. The van der Waals surface area contributed by atoms with Gasteiger partial charge in [0.1, 0.15) is 6.04 Å². The topological polar surface area (TPSA) is 108 Å². The second-order valence-corrected chi connectivity index (χ2v) is 8.81. The van der Waals surface area contributed by atoms with E-state index in [1.807, 2.05) is 26.0 Å². The van der Waals surface area contributed by atoms with Crippen LogP contribution in [0.1, 0.15) is 27.2 Å². The molecule has 2 N–H and O–H groups in total. The standard InChI is InChI=1S/C23H37N3O6/c1-4-16(14-27)26-20(21(28)24-8-9-25-10-12-31-13-11-25)17-7-6-15(3)18(19(17)22(26)29)23(30)32-5-2/h6-7,15-20,27H,4-5,8-14H2,1-3H3,(H,24,28)/t15-,16+,17+,18-,19+,20+/m1/s1. The smallest absolute Gasteiger partial charge is 0.310 e. The highest BCUT2D eigenvalue weighted by atomic mass is 16.5. The Morgan fingerprint density at radius 2 is 2.00 bits per heavy atom. The van der Waals surface area contributed by atoms with Gasteiger partial charge in [0.2, 0.25) is 11.8 Å². The number of amides is 2. The van der Waals surface area contributed by atoms with Crippen LogP contribution in [0, 0.1) is 23.7 Å². The maximum Gasteiger partial charge on any atom is 0.310 e. The van der Waals surface area contributed by atoms with Crippen LogP contribution in [-0.4, -0.2) is 97.4 Å². The third-order valence-corrected chi connectivity index (χ3v) is 6.94. The number of aliphatic hydroxyl groups is 1. The molecule has 0 bridgehead atoms. The quantitative estimate of drug-likeness (QED) is 0.376. The molecular formula is C23H37N3O6. The zero-order chi connectivity index (χ0) is 23.3. The summed E-state index contributed by atoms with van der Waals surface area (Å²) < 4.78 is 10.6. The van der Waals surface area contributed by atoms with Crippen LogP contribution >= 0.6 is 0 Å². The molecule has 0 radical (unpaired) electrons. The molecule has 9 nitrogen and oxygen atoms in total. The predicted octanol–water partition coefficient (Wildman–Crippen LogP) is 0.0341. The van der Waals surface area contributed by atoms with Crippen molar-refractivity contribution in [3.05, 3.63) is 12.2 Å². The van der Waals surface area contributed by atoms with Crippen LogP contribution in [0.5, 0.6) is 0 Å². The Hall–Kier alpha value is -1.97. The van der Waals surface area contributed by atoms with Crippen molar-refractivity contribution in [2.75, 3.05) is 52.6 Å². The number of aliphatic hydroxyl groups excluding tert-OH is 1. The molecule has 0 aromatic heterocycles. The summed E-state index contributed by atoms with van der Waals surface area (Å²) in [5.74, 6) is -2.80. The number of carbonyl (C=O) groups excluding carboxylic acids is 3. The summed E-state index contributed by atoms with van der Waals surface area (Å²) >= 11 is 0. The SMILES string of the molecule is CCOC(=O)[C@H]1[C@H]2C(=O)N([C@@H](CC)CO)[C@H](C(=O)NCCN3CCOCC3)[C@H]2C=C[C@H]1C. The Balaban J connectivity index is 1.81. The van der Waals surface area contributed by atoms with E-state index in [1.165, 1.54) is 4.90 Å². The van der Waals surface area contributed by atoms with Crippen molar-refractivity contribution >= 4 is 17.8 Å². The van der Waals surface area contributed by atoms with Crippen molar-refractivity contribution < 1.29 is 29.0 Å². The first-order chi connectivity index (χ1) is 15.4. The van der Waals surface area contributed by atoms with E-state index >= 15 is 0 Å². The number of hydrogen-bond acceptors (Lipinski definition) is 7. The van der Waals surface area contributed by atoms with E-state index in [9.17, 15) is 19.5 Å². The van der Waals surface area contributed by atoms with Gasteiger partial charge in [-0.15, -0.1) is 0 Å². The molecule has 3 rings (SSSR count). The minimum Gasteiger partial charge on any atom is -0.466 e. The van der Waals surface area contributed by atoms with Gasteiger partial charge in [0, 0.05) is 32.1 Å². The average Bonchev–Trinajstić information content (AvgIpc) is 3.08. The molecular weight excluding hydrogens is 414 g/mol. The van der Waals surface area contributed by atoms with Gasteiger partial charge in [-0.3, -0.25) is 19.3 Å². The number of morpholine rings is 1. The fourth-order valence-electron chi connectivity index (χ4n) is 5.21. The van der Waals surface area contributed by atoms with E-state index in [1.54, 1.807) is 6.92 Å². The summed E-state index contributed by atoms with van der Waals surface area (Å²) in [5, 5.41) is 12.9. The summed E-state index contributed by atoms with van der Waals surface area (Å²) in [4.78, 5) is 43.4. The van der Waals surface area contributed by atoms with Gasteiger partial charge < -0.3 is 24.8 Å². The molecule has 0 saturated carbocycles. The first kappa shape index (κ1) is 24.7. The summed E-state index contributed by atoms with van der Waals surface area (Å²) in [6.07, 6.45) is 4.33. The maximum atomic E-state index is 13.6. The number of fused-ring (bicyclic) bond motifs is 1. The summed E-state index contributed by atoms with van der Waals surface area (Å²) in [6, 6.07) is -1.23. The molecule has 2 aliphatic heterocycles. The lowest BCUT2D eigenvalue weighted by Gasteiger charge is -2.33. The number of rotatable bonds is 9. The molecule has 3 aliphatic rings. The van der Waals surface area contributed by atoms with Crippen LogP contribution in [0.4, 0.5) is 0 Å². The van der Waals surface area contributed by atoms with E-state index in [4.69, 9.17) is 9.47 Å². The predicted molar refractivity (Wildman–Crippen MR) is 117 cm³/mol. The fraction of sp³-hybridized carbons (Fsp3) is 0.783. The highest BCUT2D eigenvalue weighted by Gasteiger charge is 2.58. The second kappa shape index (κ2) is 11.2. The number of esters is 1. The molecule has 32 heavy (non-hydrogen) atoms. The third-order valence-electron chi connectivity index (χ3n) is 6.94. The van der Waals surface area contributed by atoms with Crippen molar-refractivity contribution in [1.29, 1.82) is 0 Å². The Bertz CT molecular complexity index is 704. The number of nitrogens with zero attached hydrogens (tertiary/aromatic N) is 2. The van der Waals surface area contributed by atoms with E-state index < -0.39 is 35.8 Å². The average molecular weight is 452 g/mol. The highest BCUT2D eigenvalue weighted by molar-refractivity contribution is 5.96. The monoisotopic (exact) mass is 451 g/mol. The molecule has 2 saturated heterocycles. The fourth-order valence-corrected chi connectivity index (χ4v) is 5.21. The van der Waals surface area contributed by atoms with Crippen molar-refractivity contribution in [1.82, 2.24) is 15.1 Å². The molecule has 2 fully saturated rings. The number of allylic oxidation sites excluding steroid dienone is 1. The van der Waals surface area contributed by atoms with Crippen molar-refractivity contribution in [3.63, 3.8) is 0 Å². The molecule has 1 aliphatic carbocycles. The van der Waals surface area contributed by atoms with Crippen molar-refractivity contribution in [2.24, 2.45) is 23.7 Å². The van der Waals surface area contributed by atoms with Gasteiger partial charge in [-0.1, -0.05) is 26.0 Å². The number of hydrogen-bond donors (Lipinski definition) is 2. The Labute approximate surface area is 190 Å². The van der Waals surface area contributed by atoms with Crippen LogP contribution in [0.25, 0.3) is 0 Å². The van der Waals surface area contributed by atoms with Gasteiger partial charge in [0.15, 0.2) is 0 Å². The normalized spacial score (nSPS) is 31.3. The number of ether oxygens (including phenoxy) is 2. The molecule has 2 amide bonds. The Morgan fingerprint density at radius 3 is 2.62 bits per heavy atom. The van der Waals surface area contributed by atoms with E-state index in [0.29, 0.717) is 32.7 Å². The van der Waals surface area contributed by atoms with Crippen LogP contribution in [0.2, 0.25) is 0 Å². The molecule has 6 atom stereocenters. The molecule has 2 heterocycles. The minimum atomic E-state index is -0.755. The van der Waals surface area contributed by atoms with Gasteiger partial charge in [0.05, 0.1) is 44.3 Å². The van der Waals surface area contributed by atoms with E-state index in [-0.39, 0.29) is 30.9 Å². The molecule has 0 aromatic rings. The van der Waals surface area contributed by atoms with Gasteiger partial charge in [-0.2, -0.15) is 0 Å². The maximum absolute atomic E-state index is 13.6. The molecule has 180 valence electrons. The summed E-state index contributed by atoms with van der Waals surface area (Å²) in [5.41, 5.74) is 0. The molecule has 0 aromatic carbocycles. The largest absolute Gasteiger partial charge is 0.466 e. The zero-order valence-electron chi connectivity index (χ0n) is 19.4. The van der Waals surface area contributed by atoms with Gasteiger partial charge >= 0.3 is 5.97 Å². The van der Waals surface area contributed by atoms with E-state index in [2.05, 4.69) is 10.2 Å². The minimum absolute atomic E-state index is 0.168. The van der Waals surface area contributed by atoms with Gasteiger partial charge in [0.25, 0.3) is 0 Å². The first-order valence-corrected chi connectivity index (χ1v) is 11.8. The Kier molecular flexibility index (Phi) is 8.67. The number of carbonyl (C=O) groups is 3. The van der Waals surface area contributed by atoms with Gasteiger partial charge in [-0.05, 0) is 19.3 Å². The molecule has 0 spiro atoms. The van der Waals surface area contributed by atoms with Crippen molar-refractivity contribution in [2.45, 2.75) is 39.3 Å². The lowest BCUT2D eigenvalue weighted by molar-refractivity contribution is -0.155. The number of nitrogens with one attached hydrogen (secondary N) is 1. The lowest BCUT2D eigenvalue weighted by atomic mass is 9.70. The third kappa shape index (κ3) is 5.00. The van der Waals surface area contributed by atoms with Crippen molar-refractivity contribution in [3.8, 4) is 0 Å². The van der Waals surface area contributed by atoms with Crippen LogP contribution < -0.4 is 5.32 Å². The number of likely N-dealkylation sites (tertiary alicyclic amines) is 1. The second-order valence-electron chi connectivity index (χ2n) is 8.81.